The number of rotatable bonds is 6. The summed E-state index contributed by atoms with van der Waals surface area (Å²) in [5.41, 5.74) is 5.55. The largest absolute Gasteiger partial charge is 0.393 e. The second-order valence-corrected chi connectivity index (χ2v) is 6.45. The van der Waals surface area contributed by atoms with Gasteiger partial charge in [0.25, 0.3) is 0 Å². The summed E-state index contributed by atoms with van der Waals surface area (Å²) in [6, 6.07) is 4.79. The molecule has 1 saturated carbocycles. The lowest BCUT2D eigenvalue weighted by Gasteiger charge is -2.20. The molecule has 0 saturated heterocycles. The summed E-state index contributed by atoms with van der Waals surface area (Å²) < 4.78 is 0.861. The van der Waals surface area contributed by atoms with Crippen molar-refractivity contribution in [3.63, 3.8) is 0 Å². The van der Waals surface area contributed by atoms with Crippen molar-refractivity contribution in [2.45, 2.75) is 31.8 Å². The molecule has 1 aromatic heterocycles. The third-order valence-corrected chi connectivity index (χ3v) is 4.12. The summed E-state index contributed by atoms with van der Waals surface area (Å²) in [6.45, 7) is 1.94. The van der Waals surface area contributed by atoms with Crippen LogP contribution in [0.4, 0.5) is 0 Å². The normalized spacial score (nSPS) is 15.6. The molecule has 0 amide bonds. The van der Waals surface area contributed by atoms with E-state index in [4.69, 9.17) is 29.6 Å². The second-order valence-electron chi connectivity index (χ2n) is 4.12. The molecule has 0 atom stereocenters. The van der Waals surface area contributed by atoms with Crippen LogP contribution in [0.1, 0.15) is 24.1 Å². The zero-order chi connectivity index (χ0) is 11.5. The van der Waals surface area contributed by atoms with E-state index in [1.165, 1.54) is 17.7 Å². The third kappa shape index (κ3) is 3.70. The lowest BCUT2D eigenvalue weighted by molar-refractivity contribution is 0.265. The Balaban J connectivity index is 1.89. The third-order valence-electron chi connectivity index (χ3n) is 2.70. The number of thiophene rings is 1. The van der Waals surface area contributed by atoms with Gasteiger partial charge in [-0.25, -0.2) is 0 Å². The predicted molar refractivity (Wildman–Crippen MR) is 74.2 cm³/mol. The molecule has 5 heteroatoms. The van der Waals surface area contributed by atoms with E-state index in [0.717, 1.165) is 29.9 Å². The molecular formula is C11H15ClN2S2. The quantitative estimate of drug-likeness (QED) is 0.809. The van der Waals surface area contributed by atoms with E-state index in [-0.39, 0.29) is 0 Å². The second kappa shape index (κ2) is 5.45. The summed E-state index contributed by atoms with van der Waals surface area (Å²) in [5.74, 6) is 0. The molecule has 0 spiro atoms. The molecular weight excluding hydrogens is 260 g/mol. The minimum absolute atomic E-state index is 0.606. The van der Waals surface area contributed by atoms with E-state index in [9.17, 15) is 0 Å². The van der Waals surface area contributed by atoms with Crippen molar-refractivity contribution in [3.8, 4) is 0 Å². The number of thiocarbonyl (C=S) groups is 1. The Hall–Kier alpha value is -0.160. The molecule has 1 aliphatic carbocycles. The molecule has 16 heavy (non-hydrogen) atoms. The maximum Gasteiger partial charge on any atom is 0.0931 e. The fourth-order valence-corrected chi connectivity index (χ4v) is 2.93. The van der Waals surface area contributed by atoms with Gasteiger partial charge in [-0.3, -0.25) is 4.90 Å². The van der Waals surface area contributed by atoms with Crippen LogP contribution in [0.25, 0.3) is 0 Å². The first kappa shape index (κ1) is 12.3. The highest BCUT2D eigenvalue weighted by Crippen LogP contribution is 2.30. The number of hydrogen-bond acceptors (Lipinski definition) is 3. The van der Waals surface area contributed by atoms with Gasteiger partial charge in [0.15, 0.2) is 0 Å². The van der Waals surface area contributed by atoms with E-state index >= 15 is 0 Å². The van der Waals surface area contributed by atoms with Crippen molar-refractivity contribution in [2.75, 3.05) is 6.54 Å². The molecule has 1 heterocycles. The molecule has 2 rings (SSSR count). The van der Waals surface area contributed by atoms with Gasteiger partial charge in [-0.05, 0) is 25.0 Å². The highest BCUT2D eigenvalue weighted by Gasteiger charge is 2.28. The Morgan fingerprint density at radius 2 is 2.31 bits per heavy atom. The Morgan fingerprint density at radius 3 is 2.81 bits per heavy atom. The van der Waals surface area contributed by atoms with Crippen molar-refractivity contribution in [1.82, 2.24) is 4.90 Å². The lowest BCUT2D eigenvalue weighted by Crippen LogP contribution is -2.28. The summed E-state index contributed by atoms with van der Waals surface area (Å²) >= 11 is 12.5. The van der Waals surface area contributed by atoms with Crippen molar-refractivity contribution in [3.05, 3.63) is 21.3 Å². The van der Waals surface area contributed by atoms with E-state index < -0.39 is 0 Å². The molecule has 2 nitrogen and oxygen atoms in total. The SMILES string of the molecule is NC(=S)CCN(Cc1ccc(Cl)s1)C1CC1. The molecule has 1 aromatic rings. The summed E-state index contributed by atoms with van der Waals surface area (Å²) in [7, 11) is 0. The fourth-order valence-electron chi connectivity index (χ4n) is 1.72. The van der Waals surface area contributed by atoms with Gasteiger partial charge in [-0.2, -0.15) is 0 Å². The van der Waals surface area contributed by atoms with Crippen LogP contribution in [0.3, 0.4) is 0 Å². The monoisotopic (exact) mass is 274 g/mol. The summed E-state index contributed by atoms with van der Waals surface area (Å²) in [4.78, 5) is 4.39. The van der Waals surface area contributed by atoms with Gasteiger partial charge >= 0.3 is 0 Å². The summed E-state index contributed by atoms with van der Waals surface area (Å²) in [5, 5.41) is 0. The van der Waals surface area contributed by atoms with E-state index in [2.05, 4.69) is 11.0 Å². The van der Waals surface area contributed by atoms with Crippen molar-refractivity contribution in [2.24, 2.45) is 5.73 Å². The van der Waals surface area contributed by atoms with Crippen LogP contribution in [-0.4, -0.2) is 22.5 Å². The Morgan fingerprint density at radius 1 is 1.56 bits per heavy atom. The highest BCUT2D eigenvalue weighted by atomic mass is 35.5. The number of hydrogen-bond donors (Lipinski definition) is 1. The van der Waals surface area contributed by atoms with Gasteiger partial charge < -0.3 is 5.73 Å². The first-order chi connectivity index (χ1) is 7.65. The van der Waals surface area contributed by atoms with Crippen LogP contribution < -0.4 is 5.73 Å². The minimum atomic E-state index is 0.606. The van der Waals surface area contributed by atoms with Gasteiger partial charge in [-0.1, -0.05) is 23.8 Å². The van der Waals surface area contributed by atoms with Crippen LogP contribution in [0.5, 0.6) is 0 Å². The highest BCUT2D eigenvalue weighted by molar-refractivity contribution is 7.80. The molecule has 0 aliphatic heterocycles. The number of nitrogens with zero attached hydrogens (tertiary/aromatic N) is 1. The molecule has 0 unspecified atom stereocenters. The maximum absolute atomic E-state index is 5.93. The molecule has 0 bridgehead atoms. The van der Waals surface area contributed by atoms with Crippen LogP contribution in [0, 0.1) is 0 Å². The van der Waals surface area contributed by atoms with Gasteiger partial charge in [0, 0.05) is 30.4 Å². The van der Waals surface area contributed by atoms with E-state index in [1.54, 1.807) is 11.3 Å². The molecule has 1 fully saturated rings. The van der Waals surface area contributed by atoms with Crippen molar-refractivity contribution in [1.29, 1.82) is 0 Å². The van der Waals surface area contributed by atoms with Gasteiger partial charge in [0.05, 0.1) is 9.32 Å². The Kier molecular flexibility index (Phi) is 4.19. The van der Waals surface area contributed by atoms with E-state index in [1.807, 2.05) is 6.07 Å². The van der Waals surface area contributed by atoms with E-state index in [0.29, 0.717) is 4.99 Å². The van der Waals surface area contributed by atoms with Gasteiger partial charge in [0.2, 0.25) is 0 Å². The van der Waals surface area contributed by atoms with Crippen molar-refractivity contribution >= 4 is 40.1 Å². The maximum atomic E-state index is 5.93. The average Bonchev–Trinajstić information content (AvgIpc) is 2.98. The molecule has 0 radical (unpaired) electrons. The Labute approximate surface area is 110 Å². The van der Waals surface area contributed by atoms with Crippen LogP contribution in [-0.2, 0) is 6.54 Å². The van der Waals surface area contributed by atoms with Crippen molar-refractivity contribution < 1.29 is 0 Å². The first-order valence-corrected chi connectivity index (χ1v) is 7.02. The molecule has 88 valence electrons. The standard InChI is InChI=1S/C11H15ClN2S2/c12-10-4-3-9(16-10)7-14(8-1-2-8)6-5-11(13)15/h3-4,8H,1-2,5-7H2,(H2,13,15). The van der Waals surface area contributed by atoms with Gasteiger partial charge in [-0.15, -0.1) is 11.3 Å². The Bertz CT molecular complexity index is 374. The minimum Gasteiger partial charge on any atom is -0.393 e. The van der Waals surface area contributed by atoms with Gasteiger partial charge in [0.1, 0.15) is 0 Å². The fraction of sp³-hybridized carbons (Fsp3) is 0.545. The molecule has 2 N–H and O–H groups in total. The topological polar surface area (TPSA) is 29.3 Å². The zero-order valence-corrected chi connectivity index (χ0v) is 11.4. The smallest absolute Gasteiger partial charge is 0.0931 e. The lowest BCUT2D eigenvalue weighted by atomic mass is 10.3. The number of nitrogens with two attached hydrogens (primary N) is 1. The first-order valence-electron chi connectivity index (χ1n) is 5.41. The van der Waals surface area contributed by atoms with Crippen LogP contribution in [0.2, 0.25) is 4.34 Å². The number of halogens is 1. The molecule has 0 aromatic carbocycles. The van der Waals surface area contributed by atoms with Crippen LogP contribution >= 0.6 is 35.2 Å². The summed E-state index contributed by atoms with van der Waals surface area (Å²) in [6.07, 6.45) is 3.41. The molecule has 1 aliphatic rings. The van der Waals surface area contributed by atoms with Crippen LogP contribution in [0.15, 0.2) is 12.1 Å². The zero-order valence-electron chi connectivity index (χ0n) is 8.99. The predicted octanol–water partition coefficient (Wildman–Crippen LogP) is 3.04. The average molecular weight is 275 g/mol.